The Labute approximate surface area is 271 Å². The van der Waals surface area contributed by atoms with Crippen molar-refractivity contribution in [2.45, 2.75) is 83.8 Å². The van der Waals surface area contributed by atoms with Gasteiger partial charge in [0, 0.05) is 17.3 Å². The summed E-state index contributed by atoms with van der Waals surface area (Å²) in [6.07, 6.45) is 0.902. The van der Waals surface area contributed by atoms with Crippen LogP contribution in [0.1, 0.15) is 59.1 Å². The number of urea groups is 1. The van der Waals surface area contributed by atoms with Gasteiger partial charge in [-0.3, -0.25) is 19.4 Å². The molecule has 0 aliphatic carbocycles. The van der Waals surface area contributed by atoms with Crippen molar-refractivity contribution in [3.8, 4) is 0 Å². The number of esters is 1. The molecule has 2 atom stereocenters. The molecule has 0 bridgehead atoms. The van der Waals surface area contributed by atoms with Crippen LogP contribution >= 0.6 is 0 Å². The lowest BCUT2D eigenvalue weighted by Crippen LogP contribution is -2.50. The van der Waals surface area contributed by atoms with E-state index in [4.69, 9.17) is 19.9 Å². The van der Waals surface area contributed by atoms with Crippen molar-refractivity contribution in [2.24, 2.45) is 15.8 Å². The fraction of sp³-hybridized carbons (Fsp3) is 0.455. The van der Waals surface area contributed by atoms with Crippen molar-refractivity contribution in [3.05, 3.63) is 65.7 Å². The molecule has 1 aliphatic heterocycles. The van der Waals surface area contributed by atoms with E-state index in [1.165, 1.54) is 11.1 Å². The first kappa shape index (κ1) is 36.1. The topological polar surface area (TPSA) is 165 Å². The lowest BCUT2D eigenvalue weighted by molar-refractivity contribution is -0.155. The number of nitrogens with one attached hydrogen (secondary N) is 2. The fourth-order valence-electron chi connectivity index (χ4n) is 4.38. The zero-order valence-corrected chi connectivity index (χ0v) is 28.9. The van der Waals surface area contributed by atoms with Crippen molar-refractivity contribution in [2.75, 3.05) is 18.1 Å². The van der Waals surface area contributed by atoms with Crippen LogP contribution in [-0.2, 0) is 23.5 Å². The van der Waals surface area contributed by atoms with Gasteiger partial charge in [0.25, 0.3) is 5.91 Å². The predicted octanol–water partition coefficient (Wildman–Crippen LogP) is 4.13. The van der Waals surface area contributed by atoms with Crippen LogP contribution in [0.5, 0.6) is 0 Å². The number of carbonyl (C=O) groups is 4. The third kappa shape index (κ3) is 10.1. The van der Waals surface area contributed by atoms with E-state index in [9.17, 15) is 19.2 Å². The minimum Gasteiger partial charge on any atom is -0.460 e. The number of carbonyl (C=O) groups excluding carboxylic acids is 4. The molecule has 0 saturated heterocycles. The molecule has 2 aromatic carbocycles. The number of ether oxygens (including phenoxy) is 1. The highest BCUT2D eigenvalue weighted by molar-refractivity contribution is 6.74. The highest BCUT2D eigenvalue weighted by Gasteiger charge is 2.40. The maximum Gasteiger partial charge on any atom is 0.332 e. The second-order valence-electron chi connectivity index (χ2n) is 13.6. The van der Waals surface area contributed by atoms with E-state index in [0.29, 0.717) is 17.0 Å². The Bertz CT molecular complexity index is 1480. The number of aliphatic imine (C=N–C) groups is 1. The molecule has 0 fully saturated rings. The van der Waals surface area contributed by atoms with E-state index in [2.05, 4.69) is 49.7 Å². The lowest BCUT2D eigenvalue weighted by Gasteiger charge is -2.37. The molecule has 0 saturated carbocycles. The first-order chi connectivity index (χ1) is 21.4. The van der Waals surface area contributed by atoms with Crippen molar-refractivity contribution in [1.82, 2.24) is 10.7 Å². The van der Waals surface area contributed by atoms with Crippen LogP contribution < -0.4 is 21.4 Å². The first-order valence-electron chi connectivity index (χ1n) is 15.2. The maximum atomic E-state index is 14.3. The maximum absolute atomic E-state index is 14.3. The van der Waals surface area contributed by atoms with Gasteiger partial charge in [-0.2, -0.15) is 5.10 Å². The Balaban J connectivity index is 1.98. The monoisotopic (exact) mass is 650 g/mol. The van der Waals surface area contributed by atoms with Gasteiger partial charge in [0.15, 0.2) is 14.4 Å². The minimum atomic E-state index is -2.26. The van der Waals surface area contributed by atoms with E-state index in [0.717, 1.165) is 5.56 Å². The molecule has 2 aromatic rings. The number of hydrazone groups is 1. The van der Waals surface area contributed by atoms with Crippen LogP contribution in [0.2, 0.25) is 18.1 Å². The summed E-state index contributed by atoms with van der Waals surface area (Å²) in [6, 6.07) is 14.0. The third-order valence-corrected chi connectivity index (χ3v) is 12.1. The molecule has 1 aliphatic rings. The molecule has 0 aromatic heterocycles. The summed E-state index contributed by atoms with van der Waals surface area (Å²) in [5, 5.41) is 6.36. The summed E-state index contributed by atoms with van der Waals surface area (Å²) < 4.78 is 11.9. The number of benzodiazepines with no additional fused rings is 1. The van der Waals surface area contributed by atoms with Crippen molar-refractivity contribution in [3.63, 3.8) is 0 Å². The van der Waals surface area contributed by atoms with Crippen LogP contribution in [0.3, 0.4) is 0 Å². The van der Waals surface area contributed by atoms with Crippen LogP contribution in [0.15, 0.2) is 64.7 Å². The number of fused-ring (bicyclic) bond motifs is 1. The summed E-state index contributed by atoms with van der Waals surface area (Å²) in [5.74, 6) is -1.57. The molecule has 0 radical (unpaired) electrons. The number of anilines is 1. The van der Waals surface area contributed by atoms with Gasteiger partial charge in [-0.25, -0.2) is 10.2 Å². The highest BCUT2D eigenvalue weighted by atomic mass is 28.4. The lowest BCUT2D eigenvalue weighted by atomic mass is 10.0. The average Bonchev–Trinajstić information content (AvgIpc) is 3.05. The van der Waals surface area contributed by atoms with Crippen molar-refractivity contribution < 1.29 is 28.3 Å². The smallest absolute Gasteiger partial charge is 0.332 e. The molecule has 12 nitrogen and oxygen atoms in total. The Morgan fingerprint density at radius 3 is 2.28 bits per heavy atom. The predicted molar refractivity (Wildman–Crippen MR) is 181 cm³/mol. The van der Waals surface area contributed by atoms with Gasteiger partial charge in [-0.15, -0.1) is 0 Å². The van der Waals surface area contributed by atoms with Crippen LogP contribution in [0.4, 0.5) is 10.5 Å². The Kier molecular flexibility index (Phi) is 11.6. The summed E-state index contributed by atoms with van der Waals surface area (Å²) in [5.41, 5.74) is 9.03. The number of hydrogen-bond acceptors (Lipinski definition) is 8. The SMILES string of the molecule is CC(C)(C)OC(=O)C[C@@H](/C=N\NC(N)=O)NC(=O)CN1C(=O)[C@@H](CO[Si](C)(C)C(C)(C)C)N=C(c2ccccc2)c2ccccc21. The number of nitrogens with two attached hydrogens (primary N) is 1. The standard InChI is InChI=1S/C33H46N6O6Si/c1-32(2,3)45-28(41)18-23(19-35-38-31(34)43)36-27(40)20-39-26-17-13-12-16-24(26)29(22-14-10-9-11-15-22)37-25(30(39)42)21-44-46(7,8)33(4,5)6/h9-17,19,23,25H,18,20-21H2,1-8H3,(H,36,40)(H3,34,38,43)/b35-19-/t23-,25+/m0/s1. The Hall–Kier alpha value is -4.36. The second-order valence-corrected chi connectivity index (χ2v) is 18.4. The summed E-state index contributed by atoms with van der Waals surface area (Å²) in [6.45, 7) is 15.4. The normalized spacial score (nSPS) is 16.3. The molecular formula is C33H46N6O6Si. The first-order valence-corrected chi connectivity index (χ1v) is 18.1. The van der Waals surface area contributed by atoms with Crippen LogP contribution in [-0.4, -0.2) is 74.9 Å². The molecule has 248 valence electrons. The van der Waals surface area contributed by atoms with Gasteiger partial charge in [0.2, 0.25) is 5.91 Å². The molecule has 13 heteroatoms. The van der Waals surface area contributed by atoms with Gasteiger partial charge in [-0.1, -0.05) is 69.3 Å². The summed E-state index contributed by atoms with van der Waals surface area (Å²) in [4.78, 5) is 57.9. The number of para-hydroxylation sites is 1. The molecule has 1 heterocycles. The average molecular weight is 651 g/mol. The van der Waals surface area contributed by atoms with E-state index < -0.39 is 49.8 Å². The van der Waals surface area contributed by atoms with Crippen molar-refractivity contribution in [1.29, 1.82) is 0 Å². The zero-order chi connectivity index (χ0) is 34.3. The molecule has 46 heavy (non-hydrogen) atoms. The molecule has 4 N–H and O–H groups in total. The zero-order valence-electron chi connectivity index (χ0n) is 27.9. The quantitative estimate of drug-likeness (QED) is 0.143. The summed E-state index contributed by atoms with van der Waals surface area (Å²) in [7, 11) is -2.26. The van der Waals surface area contributed by atoms with Crippen LogP contribution in [0.25, 0.3) is 0 Å². The number of hydrogen-bond donors (Lipinski definition) is 3. The molecule has 4 amide bonds. The molecule has 3 rings (SSSR count). The van der Waals surface area contributed by atoms with E-state index in [1.807, 2.05) is 42.5 Å². The van der Waals surface area contributed by atoms with Gasteiger partial charge < -0.3 is 25.1 Å². The van der Waals surface area contributed by atoms with E-state index in [-0.39, 0.29) is 24.6 Å². The Morgan fingerprint density at radius 1 is 1.04 bits per heavy atom. The van der Waals surface area contributed by atoms with E-state index >= 15 is 0 Å². The number of amides is 4. The number of rotatable bonds is 11. The number of benzene rings is 2. The largest absolute Gasteiger partial charge is 0.460 e. The Morgan fingerprint density at radius 2 is 1.67 bits per heavy atom. The fourth-order valence-corrected chi connectivity index (χ4v) is 5.39. The number of primary amides is 1. The number of nitrogens with zero attached hydrogens (tertiary/aromatic N) is 3. The molecule has 0 spiro atoms. The van der Waals surface area contributed by atoms with Gasteiger partial charge >= 0.3 is 12.0 Å². The van der Waals surface area contributed by atoms with E-state index in [1.54, 1.807) is 32.9 Å². The highest BCUT2D eigenvalue weighted by Crippen LogP contribution is 2.37. The molecule has 0 unspecified atom stereocenters. The van der Waals surface area contributed by atoms with Crippen molar-refractivity contribution >= 4 is 49.7 Å². The third-order valence-electron chi connectivity index (χ3n) is 7.63. The second kappa shape index (κ2) is 14.8. The van der Waals surface area contributed by atoms with Crippen LogP contribution in [0, 0.1) is 0 Å². The minimum absolute atomic E-state index is 0.0461. The van der Waals surface area contributed by atoms with Gasteiger partial charge in [-0.05, 0) is 45.0 Å². The van der Waals surface area contributed by atoms with Gasteiger partial charge in [0.05, 0.1) is 30.5 Å². The van der Waals surface area contributed by atoms with Gasteiger partial charge in [0.1, 0.15) is 12.1 Å². The summed E-state index contributed by atoms with van der Waals surface area (Å²) >= 11 is 0. The molecular weight excluding hydrogens is 604 g/mol.